The fourth-order valence-electron chi connectivity index (χ4n) is 2.08. The summed E-state index contributed by atoms with van der Waals surface area (Å²) in [5.41, 5.74) is 0.957. The number of carbonyl (C=O) groups is 2. The lowest BCUT2D eigenvalue weighted by Crippen LogP contribution is -2.14. The van der Waals surface area contributed by atoms with Crippen molar-refractivity contribution in [3.63, 3.8) is 0 Å². The first-order valence-electron chi connectivity index (χ1n) is 6.94. The van der Waals surface area contributed by atoms with E-state index in [0.29, 0.717) is 0 Å². The standard InChI is InChI=1S/C18H18O3/c1-13(2)21-18(20)12-16(19)11-10-15-8-5-7-14-6-3-4-9-17(14)15/h3-11,13H,12H2,1-2H3. The zero-order chi connectivity index (χ0) is 15.2. The van der Waals surface area contributed by atoms with Crippen LogP contribution >= 0.6 is 0 Å². The lowest BCUT2D eigenvalue weighted by atomic mass is 10.0. The SMILES string of the molecule is CC(C)OC(=O)CC(=O)C=Cc1cccc2ccccc12. The Morgan fingerprint density at radius 2 is 1.81 bits per heavy atom. The van der Waals surface area contributed by atoms with Crippen molar-refractivity contribution in [3.8, 4) is 0 Å². The maximum atomic E-state index is 11.8. The molecule has 0 aliphatic rings. The maximum Gasteiger partial charge on any atom is 0.313 e. The number of hydrogen-bond acceptors (Lipinski definition) is 3. The molecule has 2 aromatic rings. The number of ketones is 1. The van der Waals surface area contributed by atoms with Crippen LogP contribution in [0.2, 0.25) is 0 Å². The summed E-state index contributed by atoms with van der Waals surface area (Å²) in [4.78, 5) is 23.2. The molecule has 3 heteroatoms. The first kappa shape index (κ1) is 15.0. The molecule has 21 heavy (non-hydrogen) atoms. The van der Waals surface area contributed by atoms with Crippen LogP contribution in [0.25, 0.3) is 16.8 Å². The summed E-state index contributed by atoms with van der Waals surface area (Å²) in [5, 5.41) is 2.19. The molecule has 2 rings (SSSR count). The molecule has 0 aliphatic carbocycles. The van der Waals surface area contributed by atoms with Crippen LogP contribution < -0.4 is 0 Å². The van der Waals surface area contributed by atoms with Gasteiger partial charge in [0.25, 0.3) is 0 Å². The molecule has 2 aromatic carbocycles. The average molecular weight is 282 g/mol. The van der Waals surface area contributed by atoms with Crippen molar-refractivity contribution in [2.75, 3.05) is 0 Å². The number of ether oxygens (including phenoxy) is 1. The van der Waals surface area contributed by atoms with Crippen molar-refractivity contribution in [3.05, 3.63) is 54.1 Å². The summed E-state index contributed by atoms with van der Waals surface area (Å²) in [6.45, 7) is 3.52. The molecule has 0 heterocycles. The second-order valence-electron chi connectivity index (χ2n) is 5.08. The van der Waals surface area contributed by atoms with Gasteiger partial charge in [-0.2, -0.15) is 0 Å². The Balaban J connectivity index is 2.09. The summed E-state index contributed by atoms with van der Waals surface area (Å²) in [6, 6.07) is 13.9. The molecule has 0 saturated carbocycles. The first-order chi connectivity index (χ1) is 10.1. The van der Waals surface area contributed by atoms with E-state index in [9.17, 15) is 9.59 Å². The average Bonchev–Trinajstić information content (AvgIpc) is 2.44. The summed E-state index contributed by atoms with van der Waals surface area (Å²) in [5.74, 6) is -0.744. The lowest BCUT2D eigenvalue weighted by molar-refractivity contribution is -0.148. The van der Waals surface area contributed by atoms with E-state index in [-0.39, 0.29) is 18.3 Å². The molecule has 0 unspecified atom stereocenters. The largest absolute Gasteiger partial charge is 0.463 e. The fraction of sp³-hybridized carbons (Fsp3) is 0.222. The highest BCUT2D eigenvalue weighted by Gasteiger charge is 2.09. The van der Waals surface area contributed by atoms with E-state index in [2.05, 4.69) is 0 Å². The van der Waals surface area contributed by atoms with Crippen LogP contribution in [-0.2, 0) is 14.3 Å². The second-order valence-corrected chi connectivity index (χ2v) is 5.08. The summed E-state index contributed by atoms with van der Waals surface area (Å²) >= 11 is 0. The van der Waals surface area contributed by atoms with E-state index < -0.39 is 5.97 Å². The molecule has 0 bridgehead atoms. The fourth-order valence-corrected chi connectivity index (χ4v) is 2.08. The molecule has 0 N–H and O–H groups in total. The van der Waals surface area contributed by atoms with Crippen molar-refractivity contribution in [1.29, 1.82) is 0 Å². The molecule has 0 atom stereocenters. The number of allylic oxidation sites excluding steroid dienone is 1. The Labute approximate surface area is 124 Å². The van der Waals surface area contributed by atoms with Crippen molar-refractivity contribution < 1.29 is 14.3 Å². The molecule has 3 nitrogen and oxygen atoms in total. The minimum Gasteiger partial charge on any atom is -0.463 e. The van der Waals surface area contributed by atoms with Crippen LogP contribution in [0, 0.1) is 0 Å². The van der Waals surface area contributed by atoms with Gasteiger partial charge in [-0.25, -0.2) is 0 Å². The molecule has 0 aromatic heterocycles. The highest BCUT2D eigenvalue weighted by Crippen LogP contribution is 2.19. The highest BCUT2D eigenvalue weighted by atomic mass is 16.5. The predicted octanol–water partition coefficient (Wildman–Crippen LogP) is 3.76. The van der Waals surface area contributed by atoms with E-state index >= 15 is 0 Å². The highest BCUT2D eigenvalue weighted by molar-refractivity contribution is 6.05. The van der Waals surface area contributed by atoms with Gasteiger partial charge in [0.15, 0.2) is 5.78 Å². The monoisotopic (exact) mass is 282 g/mol. The molecule has 0 spiro atoms. The van der Waals surface area contributed by atoms with E-state index in [0.717, 1.165) is 16.3 Å². The van der Waals surface area contributed by atoms with E-state index in [1.807, 2.05) is 42.5 Å². The topological polar surface area (TPSA) is 43.4 Å². The van der Waals surface area contributed by atoms with E-state index in [1.54, 1.807) is 19.9 Å². The molecule has 0 saturated heterocycles. The van der Waals surface area contributed by atoms with Gasteiger partial charge in [0, 0.05) is 0 Å². The number of fused-ring (bicyclic) bond motifs is 1. The summed E-state index contributed by atoms with van der Waals surface area (Å²) in [7, 11) is 0. The van der Waals surface area contributed by atoms with Crippen molar-refractivity contribution in [2.24, 2.45) is 0 Å². The molecular weight excluding hydrogens is 264 g/mol. The van der Waals surface area contributed by atoms with Crippen molar-refractivity contribution in [1.82, 2.24) is 0 Å². The number of rotatable bonds is 5. The van der Waals surface area contributed by atoms with Gasteiger partial charge in [-0.05, 0) is 36.3 Å². The van der Waals surface area contributed by atoms with Crippen molar-refractivity contribution in [2.45, 2.75) is 26.4 Å². The quantitative estimate of drug-likeness (QED) is 0.476. The van der Waals surface area contributed by atoms with Gasteiger partial charge < -0.3 is 4.74 Å². The third kappa shape index (κ3) is 4.28. The molecular formula is C18H18O3. The van der Waals surface area contributed by atoms with Gasteiger partial charge in [-0.1, -0.05) is 48.5 Å². The number of hydrogen-bond donors (Lipinski definition) is 0. The first-order valence-corrected chi connectivity index (χ1v) is 6.94. The summed E-state index contributed by atoms with van der Waals surface area (Å²) in [6.07, 6.45) is 2.75. The van der Waals surface area contributed by atoms with Crippen LogP contribution in [0.15, 0.2) is 48.5 Å². The Hall–Kier alpha value is -2.42. The zero-order valence-corrected chi connectivity index (χ0v) is 12.2. The van der Waals surface area contributed by atoms with Crippen LogP contribution in [-0.4, -0.2) is 17.9 Å². The van der Waals surface area contributed by atoms with Crippen LogP contribution in [0.5, 0.6) is 0 Å². The molecule has 0 fully saturated rings. The molecule has 0 radical (unpaired) electrons. The van der Waals surface area contributed by atoms with Crippen molar-refractivity contribution >= 4 is 28.6 Å². The summed E-state index contributed by atoms with van der Waals surface area (Å²) < 4.78 is 4.95. The van der Waals surface area contributed by atoms with Crippen LogP contribution in [0.4, 0.5) is 0 Å². The van der Waals surface area contributed by atoms with Crippen LogP contribution in [0.1, 0.15) is 25.8 Å². The molecule has 108 valence electrons. The lowest BCUT2D eigenvalue weighted by Gasteiger charge is -2.05. The number of benzene rings is 2. The van der Waals surface area contributed by atoms with E-state index in [1.165, 1.54) is 6.08 Å². The Bertz CT molecular complexity index is 678. The smallest absolute Gasteiger partial charge is 0.313 e. The maximum absolute atomic E-state index is 11.8. The van der Waals surface area contributed by atoms with Gasteiger partial charge in [0.05, 0.1) is 6.10 Å². The van der Waals surface area contributed by atoms with Gasteiger partial charge in [-0.15, -0.1) is 0 Å². The zero-order valence-electron chi connectivity index (χ0n) is 12.2. The third-order valence-electron chi connectivity index (χ3n) is 2.96. The van der Waals surface area contributed by atoms with Gasteiger partial charge in [0.1, 0.15) is 6.42 Å². The Kier molecular flexibility index (Phi) is 4.88. The normalized spacial score (nSPS) is 11.2. The third-order valence-corrected chi connectivity index (χ3v) is 2.96. The Morgan fingerprint density at radius 1 is 1.10 bits per heavy atom. The predicted molar refractivity (Wildman–Crippen MR) is 83.8 cm³/mol. The molecule has 0 amide bonds. The van der Waals surface area contributed by atoms with Gasteiger partial charge in [0.2, 0.25) is 0 Å². The van der Waals surface area contributed by atoms with Crippen LogP contribution in [0.3, 0.4) is 0 Å². The van der Waals surface area contributed by atoms with Gasteiger partial charge in [-0.3, -0.25) is 9.59 Å². The van der Waals surface area contributed by atoms with Gasteiger partial charge >= 0.3 is 5.97 Å². The second kappa shape index (κ2) is 6.84. The minimum atomic E-state index is -0.488. The Morgan fingerprint density at radius 3 is 2.57 bits per heavy atom. The number of esters is 1. The minimum absolute atomic E-state index is 0.202. The molecule has 0 aliphatic heterocycles. The van der Waals surface area contributed by atoms with E-state index in [4.69, 9.17) is 4.74 Å². The number of carbonyl (C=O) groups excluding carboxylic acids is 2.